The summed E-state index contributed by atoms with van der Waals surface area (Å²) in [5.74, 6) is 0.596. The number of hydrogen-bond donors (Lipinski definition) is 1. The van der Waals surface area contributed by atoms with Crippen molar-refractivity contribution >= 4 is 5.91 Å². The van der Waals surface area contributed by atoms with Crippen molar-refractivity contribution in [2.45, 2.75) is 12.1 Å². The fraction of sp³-hybridized carbons (Fsp3) is 0.409. The van der Waals surface area contributed by atoms with Crippen LogP contribution in [0.4, 0.5) is 0 Å². The number of ether oxygens (including phenoxy) is 2. The molecule has 0 bridgehead atoms. The van der Waals surface area contributed by atoms with Crippen LogP contribution in [-0.4, -0.2) is 62.3 Å². The Hall–Kier alpha value is -2.41. The number of carbonyl (C=O) groups is 1. The fourth-order valence-electron chi connectivity index (χ4n) is 3.86. The summed E-state index contributed by atoms with van der Waals surface area (Å²) in [4.78, 5) is 17.7. The maximum atomic E-state index is 12.9. The predicted octanol–water partition coefficient (Wildman–Crippen LogP) is 2.20. The Kier molecular flexibility index (Phi) is 5.90. The molecule has 1 fully saturated rings. The molecule has 1 amide bonds. The number of piperazine rings is 1. The van der Waals surface area contributed by atoms with E-state index in [1.54, 1.807) is 0 Å². The first-order valence-electron chi connectivity index (χ1n) is 9.81. The highest BCUT2D eigenvalue weighted by Crippen LogP contribution is 2.32. The number of carbonyl (C=O) groups excluding carboxylic acids is 1. The molecular formula is C22H27N3O3. The van der Waals surface area contributed by atoms with Crippen LogP contribution >= 0.6 is 0 Å². The number of rotatable bonds is 5. The summed E-state index contributed by atoms with van der Waals surface area (Å²) in [5, 5.41) is 3.13. The van der Waals surface area contributed by atoms with Crippen LogP contribution in [0.5, 0.6) is 5.75 Å². The Morgan fingerprint density at radius 2 is 1.79 bits per heavy atom. The van der Waals surface area contributed by atoms with Gasteiger partial charge in [0.05, 0.1) is 6.04 Å². The number of para-hydroxylation sites is 1. The number of hydrogen-bond acceptors (Lipinski definition) is 5. The van der Waals surface area contributed by atoms with E-state index in [1.165, 1.54) is 5.56 Å². The molecule has 0 aromatic heterocycles. The SMILES string of the molecule is CN1CCN(C(CNC(=O)C2OCOc3ccccc32)c2ccccc2)CC1. The van der Waals surface area contributed by atoms with Gasteiger partial charge < -0.3 is 19.7 Å². The van der Waals surface area contributed by atoms with E-state index in [0.717, 1.165) is 31.7 Å². The van der Waals surface area contributed by atoms with Crippen LogP contribution in [0.15, 0.2) is 54.6 Å². The van der Waals surface area contributed by atoms with E-state index in [9.17, 15) is 4.79 Å². The first-order valence-corrected chi connectivity index (χ1v) is 9.81. The zero-order valence-corrected chi connectivity index (χ0v) is 16.2. The van der Waals surface area contributed by atoms with Gasteiger partial charge in [0.2, 0.25) is 0 Å². The van der Waals surface area contributed by atoms with Crippen molar-refractivity contribution in [1.82, 2.24) is 15.1 Å². The van der Waals surface area contributed by atoms with E-state index in [4.69, 9.17) is 9.47 Å². The van der Waals surface area contributed by atoms with E-state index < -0.39 is 6.10 Å². The average Bonchev–Trinajstić information content (AvgIpc) is 2.75. The summed E-state index contributed by atoms with van der Waals surface area (Å²) in [6, 6.07) is 18.1. The monoisotopic (exact) mass is 381 g/mol. The standard InChI is InChI=1S/C22H27N3O3/c1-24-11-13-25(14-12-24)19(17-7-3-2-4-8-17)15-23-22(26)21-18-9-5-6-10-20(18)27-16-28-21/h2-10,19,21H,11-16H2,1H3,(H,23,26). The second kappa shape index (κ2) is 8.73. The highest BCUT2D eigenvalue weighted by molar-refractivity contribution is 5.83. The van der Waals surface area contributed by atoms with Crippen molar-refractivity contribution in [3.05, 3.63) is 65.7 Å². The van der Waals surface area contributed by atoms with E-state index in [0.29, 0.717) is 12.3 Å². The van der Waals surface area contributed by atoms with Crippen LogP contribution in [0.2, 0.25) is 0 Å². The molecule has 2 aromatic carbocycles. The lowest BCUT2D eigenvalue weighted by molar-refractivity contribution is -0.142. The van der Waals surface area contributed by atoms with Crippen molar-refractivity contribution < 1.29 is 14.3 Å². The molecule has 0 saturated carbocycles. The third-order valence-corrected chi connectivity index (χ3v) is 5.52. The van der Waals surface area contributed by atoms with Gasteiger partial charge in [-0.15, -0.1) is 0 Å². The van der Waals surface area contributed by atoms with Gasteiger partial charge in [0.15, 0.2) is 12.9 Å². The zero-order valence-electron chi connectivity index (χ0n) is 16.2. The van der Waals surface area contributed by atoms with Crippen molar-refractivity contribution in [2.75, 3.05) is 46.6 Å². The van der Waals surface area contributed by atoms with E-state index in [-0.39, 0.29) is 18.7 Å². The minimum Gasteiger partial charge on any atom is -0.467 e. The molecule has 2 atom stereocenters. The van der Waals surface area contributed by atoms with Gasteiger partial charge in [-0.05, 0) is 18.7 Å². The van der Waals surface area contributed by atoms with Crippen LogP contribution in [0.1, 0.15) is 23.3 Å². The number of likely N-dealkylation sites (N-methyl/N-ethyl adjacent to an activating group) is 1. The average molecular weight is 381 g/mol. The molecule has 6 nitrogen and oxygen atoms in total. The Morgan fingerprint density at radius 3 is 2.57 bits per heavy atom. The molecule has 2 heterocycles. The minimum atomic E-state index is -0.631. The minimum absolute atomic E-state index is 0.0929. The van der Waals surface area contributed by atoms with Gasteiger partial charge in [0.1, 0.15) is 5.75 Å². The summed E-state index contributed by atoms with van der Waals surface area (Å²) >= 11 is 0. The smallest absolute Gasteiger partial charge is 0.254 e. The first-order chi connectivity index (χ1) is 13.7. The summed E-state index contributed by atoms with van der Waals surface area (Å²) < 4.78 is 11.1. The Balaban J connectivity index is 1.46. The zero-order chi connectivity index (χ0) is 19.3. The predicted molar refractivity (Wildman–Crippen MR) is 107 cm³/mol. The number of nitrogens with one attached hydrogen (secondary N) is 1. The summed E-state index contributed by atoms with van der Waals surface area (Å²) in [6.07, 6.45) is -0.631. The molecule has 2 aliphatic heterocycles. The lowest BCUT2D eigenvalue weighted by Gasteiger charge is -2.38. The quantitative estimate of drug-likeness (QED) is 0.861. The van der Waals surface area contributed by atoms with E-state index in [2.05, 4.69) is 46.4 Å². The fourth-order valence-corrected chi connectivity index (χ4v) is 3.86. The molecule has 148 valence electrons. The third kappa shape index (κ3) is 4.19. The van der Waals surface area contributed by atoms with Gasteiger partial charge in [-0.25, -0.2) is 0 Å². The molecule has 2 unspecified atom stereocenters. The molecule has 6 heteroatoms. The van der Waals surface area contributed by atoms with Crippen molar-refractivity contribution in [1.29, 1.82) is 0 Å². The highest BCUT2D eigenvalue weighted by Gasteiger charge is 2.30. The van der Waals surface area contributed by atoms with Crippen molar-refractivity contribution in [3.63, 3.8) is 0 Å². The summed E-state index contributed by atoms with van der Waals surface area (Å²) in [7, 11) is 2.15. The Bertz CT molecular complexity index is 791. The molecule has 2 aromatic rings. The topological polar surface area (TPSA) is 54.0 Å². The van der Waals surface area contributed by atoms with Crippen LogP contribution in [0, 0.1) is 0 Å². The second-order valence-corrected chi connectivity index (χ2v) is 7.36. The molecule has 4 rings (SSSR count). The highest BCUT2D eigenvalue weighted by atomic mass is 16.7. The lowest BCUT2D eigenvalue weighted by Crippen LogP contribution is -2.49. The normalized spacial score (nSPS) is 21.4. The number of benzene rings is 2. The van der Waals surface area contributed by atoms with Crippen LogP contribution in [-0.2, 0) is 9.53 Å². The van der Waals surface area contributed by atoms with Gasteiger partial charge in [-0.2, -0.15) is 0 Å². The first kappa shape index (κ1) is 18.9. The third-order valence-electron chi connectivity index (χ3n) is 5.52. The summed E-state index contributed by atoms with van der Waals surface area (Å²) in [5.41, 5.74) is 2.00. The number of amides is 1. The molecule has 0 aliphatic carbocycles. The molecule has 0 radical (unpaired) electrons. The molecule has 0 spiro atoms. The second-order valence-electron chi connectivity index (χ2n) is 7.36. The summed E-state index contributed by atoms with van der Waals surface area (Å²) in [6.45, 7) is 4.69. The molecule has 28 heavy (non-hydrogen) atoms. The van der Waals surface area contributed by atoms with Gasteiger partial charge >= 0.3 is 0 Å². The maximum absolute atomic E-state index is 12.9. The van der Waals surface area contributed by atoms with Crippen molar-refractivity contribution in [3.8, 4) is 5.75 Å². The van der Waals surface area contributed by atoms with Gasteiger partial charge in [0.25, 0.3) is 5.91 Å². The Morgan fingerprint density at radius 1 is 1.07 bits per heavy atom. The maximum Gasteiger partial charge on any atom is 0.254 e. The number of fused-ring (bicyclic) bond motifs is 1. The van der Waals surface area contributed by atoms with Crippen LogP contribution < -0.4 is 10.1 Å². The molecule has 1 N–H and O–H groups in total. The molecule has 1 saturated heterocycles. The molecule has 2 aliphatic rings. The lowest BCUT2D eigenvalue weighted by atomic mass is 10.0. The number of nitrogens with zero attached hydrogens (tertiary/aromatic N) is 2. The van der Waals surface area contributed by atoms with Gasteiger partial charge in [-0.3, -0.25) is 9.69 Å². The molecular weight excluding hydrogens is 354 g/mol. The van der Waals surface area contributed by atoms with Crippen molar-refractivity contribution in [2.24, 2.45) is 0 Å². The largest absolute Gasteiger partial charge is 0.467 e. The van der Waals surface area contributed by atoms with Gasteiger partial charge in [0, 0.05) is 38.3 Å². The van der Waals surface area contributed by atoms with Crippen LogP contribution in [0.3, 0.4) is 0 Å². The van der Waals surface area contributed by atoms with Crippen LogP contribution in [0.25, 0.3) is 0 Å². The van der Waals surface area contributed by atoms with Gasteiger partial charge in [-0.1, -0.05) is 48.5 Å². The van der Waals surface area contributed by atoms with E-state index >= 15 is 0 Å². The Labute approximate surface area is 166 Å². The van der Waals surface area contributed by atoms with E-state index in [1.807, 2.05) is 30.3 Å².